The van der Waals surface area contributed by atoms with Gasteiger partial charge in [0.05, 0.1) is 29.9 Å². The molecule has 0 atom stereocenters. The summed E-state index contributed by atoms with van der Waals surface area (Å²) in [6.45, 7) is 0. The zero-order valence-corrected chi connectivity index (χ0v) is 6.86. The number of H-pyrrole nitrogens is 1. The van der Waals surface area contributed by atoms with Crippen LogP contribution in [0.1, 0.15) is 5.56 Å². The van der Waals surface area contributed by atoms with E-state index in [0.717, 1.165) is 11.3 Å². The van der Waals surface area contributed by atoms with Gasteiger partial charge in [0.1, 0.15) is 0 Å². The van der Waals surface area contributed by atoms with Gasteiger partial charge in [0, 0.05) is 0 Å². The fraction of sp³-hybridized carbons (Fsp3) is 0. The second-order valence-corrected chi connectivity index (χ2v) is 2.65. The number of hydrogen-bond donors (Lipinski definition) is 1. The molecule has 2 rings (SSSR count). The Labute approximate surface area is 75.7 Å². The summed E-state index contributed by atoms with van der Waals surface area (Å²) in [6.07, 6.45) is 3.38. The van der Waals surface area contributed by atoms with Gasteiger partial charge in [0.2, 0.25) is 0 Å². The lowest BCUT2D eigenvalue weighted by Crippen LogP contribution is -1.77. The number of aromatic nitrogens is 2. The summed E-state index contributed by atoms with van der Waals surface area (Å²) >= 11 is 0. The number of hydrogen-bond acceptors (Lipinski definition) is 2. The van der Waals surface area contributed by atoms with E-state index in [1.54, 1.807) is 24.7 Å². The minimum atomic E-state index is 0.670. The Balaban J connectivity index is 2.40. The number of benzene rings is 1. The van der Waals surface area contributed by atoms with E-state index in [1.165, 1.54) is 0 Å². The number of nitriles is 1. The molecule has 2 aromatic rings. The molecule has 3 heteroatoms. The average molecular weight is 169 g/mol. The van der Waals surface area contributed by atoms with E-state index < -0.39 is 0 Å². The van der Waals surface area contributed by atoms with Crippen LogP contribution in [0.2, 0.25) is 0 Å². The van der Waals surface area contributed by atoms with E-state index in [-0.39, 0.29) is 0 Å². The van der Waals surface area contributed by atoms with Crippen LogP contribution in [0.15, 0.2) is 36.8 Å². The van der Waals surface area contributed by atoms with Crippen molar-refractivity contribution in [3.05, 3.63) is 42.4 Å². The quantitative estimate of drug-likeness (QED) is 0.709. The van der Waals surface area contributed by atoms with E-state index in [0.29, 0.717) is 5.56 Å². The van der Waals surface area contributed by atoms with Gasteiger partial charge in [-0.3, -0.25) is 0 Å². The third-order valence-electron chi connectivity index (χ3n) is 1.82. The molecule has 0 amide bonds. The van der Waals surface area contributed by atoms with E-state index >= 15 is 0 Å². The monoisotopic (exact) mass is 169 g/mol. The summed E-state index contributed by atoms with van der Waals surface area (Å²) in [5.74, 6) is 0. The average Bonchev–Trinajstić information content (AvgIpc) is 2.71. The third-order valence-corrected chi connectivity index (χ3v) is 1.82. The SMILES string of the molecule is N#Cc1ccc(-c2cnc[nH]2)cc1. The minimum absolute atomic E-state index is 0.670. The van der Waals surface area contributed by atoms with Crippen LogP contribution in [-0.2, 0) is 0 Å². The van der Waals surface area contributed by atoms with Crippen molar-refractivity contribution in [1.29, 1.82) is 5.26 Å². The first kappa shape index (κ1) is 7.56. The molecule has 1 heterocycles. The molecular formula is C10H7N3. The number of aromatic amines is 1. The van der Waals surface area contributed by atoms with Crippen molar-refractivity contribution in [1.82, 2.24) is 9.97 Å². The summed E-state index contributed by atoms with van der Waals surface area (Å²) in [6, 6.07) is 9.44. The molecule has 3 nitrogen and oxygen atoms in total. The lowest BCUT2D eigenvalue weighted by Gasteiger charge is -1.95. The Kier molecular flexibility index (Phi) is 1.81. The predicted octanol–water partition coefficient (Wildman–Crippen LogP) is 1.95. The van der Waals surface area contributed by atoms with Gasteiger partial charge in [0.25, 0.3) is 0 Å². The Morgan fingerprint density at radius 3 is 2.54 bits per heavy atom. The molecule has 0 saturated carbocycles. The molecule has 1 aromatic carbocycles. The van der Waals surface area contributed by atoms with Crippen LogP contribution >= 0.6 is 0 Å². The van der Waals surface area contributed by atoms with Crippen molar-refractivity contribution in [2.24, 2.45) is 0 Å². The maximum Gasteiger partial charge on any atom is 0.0991 e. The highest BCUT2D eigenvalue weighted by Gasteiger charge is 1.97. The highest BCUT2D eigenvalue weighted by molar-refractivity contribution is 5.59. The van der Waals surface area contributed by atoms with Gasteiger partial charge < -0.3 is 4.98 Å². The van der Waals surface area contributed by atoms with Crippen LogP contribution in [-0.4, -0.2) is 9.97 Å². The van der Waals surface area contributed by atoms with Crippen LogP contribution in [0.4, 0.5) is 0 Å². The highest BCUT2D eigenvalue weighted by Crippen LogP contribution is 2.15. The minimum Gasteiger partial charge on any atom is -0.345 e. The van der Waals surface area contributed by atoms with Gasteiger partial charge >= 0.3 is 0 Å². The summed E-state index contributed by atoms with van der Waals surface area (Å²) in [5.41, 5.74) is 2.67. The molecule has 0 fully saturated rings. The van der Waals surface area contributed by atoms with Crippen LogP contribution in [0.5, 0.6) is 0 Å². The molecule has 0 unspecified atom stereocenters. The molecule has 0 aliphatic heterocycles. The van der Waals surface area contributed by atoms with Crippen molar-refractivity contribution < 1.29 is 0 Å². The summed E-state index contributed by atoms with van der Waals surface area (Å²) < 4.78 is 0. The van der Waals surface area contributed by atoms with Crippen LogP contribution in [0, 0.1) is 11.3 Å². The summed E-state index contributed by atoms with van der Waals surface area (Å²) in [5, 5.41) is 8.59. The lowest BCUT2D eigenvalue weighted by molar-refractivity contribution is 1.31. The fourth-order valence-electron chi connectivity index (χ4n) is 1.14. The fourth-order valence-corrected chi connectivity index (χ4v) is 1.14. The van der Waals surface area contributed by atoms with E-state index in [1.807, 2.05) is 12.1 Å². The number of nitrogens with one attached hydrogen (secondary N) is 1. The molecule has 1 N–H and O–H groups in total. The van der Waals surface area contributed by atoms with E-state index in [2.05, 4.69) is 16.0 Å². The number of nitrogens with zero attached hydrogens (tertiary/aromatic N) is 2. The zero-order chi connectivity index (χ0) is 9.10. The van der Waals surface area contributed by atoms with Crippen molar-refractivity contribution in [2.45, 2.75) is 0 Å². The smallest absolute Gasteiger partial charge is 0.0991 e. The number of imidazole rings is 1. The second kappa shape index (κ2) is 3.11. The topological polar surface area (TPSA) is 52.5 Å². The maximum absolute atomic E-state index is 8.59. The van der Waals surface area contributed by atoms with Gasteiger partial charge in [-0.1, -0.05) is 12.1 Å². The van der Waals surface area contributed by atoms with Crippen molar-refractivity contribution >= 4 is 0 Å². The third kappa shape index (κ3) is 1.42. The van der Waals surface area contributed by atoms with Gasteiger partial charge in [0.15, 0.2) is 0 Å². The predicted molar refractivity (Wildman–Crippen MR) is 48.7 cm³/mol. The van der Waals surface area contributed by atoms with E-state index in [4.69, 9.17) is 5.26 Å². The molecule has 0 aliphatic carbocycles. The van der Waals surface area contributed by atoms with Crippen molar-refractivity contribution in [2.75, 3.05) is 0 Å². The van der Waals surface area contributed by atoms with Crippen LogP contribution in [0.3, 0.4) is 0 Å². The van der Waals surface area contributed by atoms with Crippen LogP contribution < -0.4 is 0 Å². The Morgan fingerprint density at radius 2 is 2.00 bits per heavy atom. The maximum atomic E-state index is 8.59. The normalized spacial score (nSPS) is 9.46. The molecular weight excluding hydrogens is 162 g/mol. The zero-order valence-electron chi connectivity index (χ0n) is 6.86. The van der Waals surface area contributed by atoms with E-state index in [9.17, 15) is 0 Å². The Morgan fingerprint density at radius 1 is 1.23 bits per heavy atom. The van der Waals surface area contributed by atoms with Gasteiger partial charge in [-0.2, -0.15) is 5.26 Å². The number of rotatable bonds is 1. The molecule has 0 radical (unpaired) electrons. The molecule has 1 aromatic heterocycles. The first-order valence-electron chi connectivity index (χ1n) is 3.89. The first-order chi connectivity index (χ1) is 6.40. The van der Waals surface area contributed by atoms with Crippen molar-refractivity contribution in [3.8, 4) is 17.3 Å². The Bertz CT molecular complexity index is 420. The Hall–Kier alpha value is -2.08. The molecule has 62 valence electrons. The summed E-state index contributed by atoms with van der Waals surface area (Å²) in [4.78, 5) is 6.92. The molecule has 0 saturated heterocycles. The molecule has 0 bridgehead atoms. The standard InChI is InChI=1S/C10H7N3/c11-5-8-1-3-9(4-2-8)10-6-12-7-13-10/h1-4,6-7H,(H,12,13). The van der Waals surface area contributed by atoms with Gasteiger partial charge in [-0.25, -0.2) is 4.98 Å². The molecule has 0 spiro atoms. The molecule has 0 aliphatic rings. The van der Waals surface area contributed by atoms with Gasteiger partial charge in [-0.05, 0) is 17.7 Å². The van der Waals surface area contributed by atoms with Crippen molar-refractivity contribution in [3.63, 3.8) is 0 Å². The molecule has 13 heavy (non-hydrogen) atoms. The first-order valence-corrected chi connectivity index (χ1v) is 3.89. The van der Waals surface area contributed by atoms with Gasteiger partial charge in [-0.15, -0.1) is 0 Å². The second-order valence-electron chi connectivity index (χ2n) is 2.65. The lowest BCUT2D eigenvalue weighted by atomic mass is 10.1. The highest BCUT2D eigenvalue weighted by atomic mass is 14.9. The largest absolute Gasteiger partial charge is 0.345 e. The summed E-state index contributed by atoms with van der Waals surface area (Å²) in [7, 11) is 0. The van der Waals surface area contributed by atoms with Crippen LogP contribution in [0.25, 0.3) is 11.3 Å².